The Morgan fingerprint density at radius 1 is 1.31 bits per heavy atom. The molecule has 1 aliphatic rings. The monoisotopic (exact) mass is 389 g/mol. The molecule has 1 atom stereocenters. The number of fused-ring (bicyclic) bond motifs is 4. The Morgan fingerprint density at radius 3 is 2.86 bits per heavy atom. The molecular weight excluding hydrogens is 366 g/mol. The number of nitrogens with one attached hydrogen (secondary N) is 1. The summed E-state index contributed by atoms with van der Waals surface area (Å²) in [4.78, 5) is 18.4. The van der Waals surface area contributed by atoms with Gasteiger partial charge in [-0.3, -0.25) is 4.79 Å². The summed E-state index contributed by atoms with van der Waals surface area (Å²) in [5.41, 5.74) is 11.9. The van der Waals surface area contributed by atoms with Crippen LogP contribution in [-0.2, 0) is 0 Å². The predicted octanol–water partition coefficient (Wildman–Crippen LogP) is 4.97. The van der Waals surface area contributed by atoms with Crippen molar-refractivity contribution in [3.8, 4) is 5.75 Å². The summed E-state index contributed by atoms with van der Waals surface area (Å²) in [6.07, 6.45) is 0.900. The number of carbonyl (C=O) groups is 1. The van der Waals surface area contributed by atoms with Crippen LogP contribution in [0.3, 0.4) is 0 Å². The number of benzene rings is 2. The zero-order valence-electron chi connectivity index (χ0n) is 16.7. The van der Waals surface area contributed by atoms with Crippen molar-refractivity contribution in [2.24, 2.45) is 0 Å². The van der Waals surface area contributed by atoms with Gasteiger partial charge in [-0.2, -0.15) is 0 Å². The first-order chi connectivity index (χ1) is 13.9. The van der Waals surface area contributed by atoms with Crippen molar-refractivity contribution in [2.45, 2.75) is 33.1 Å². The number of amides is 1. The van der Waals surface area contributed by atoms with Gasteiger partial charge in [-0.15, -0.1) is 0 Å². The van der Waals surface area contributed by atoms with Gasteiger partial charge in [0.25, 0.3) is 5.91 Å². The maximum absolute atomic E-state index is 13.4. The van der Waals surface area contributed by atoms with E-state index in [1.54, 1.807) is 35.2 Å². The SMILES string of the molecule is CC[C@@H]1CN(C(=O)c2cc3cc(N)ccc3o2)c2cc(O)c3[nH]c(C)c(C)c3c21. The van der Waals surface area contributed by atoms with Crippen LogP contribution in [0, 0.1) is 13.8 Å². The first-order valence-electron chi connectivity index (χ1n) is 9.84. The number of hydrogen-bond donors (Lipinski definition) is 3. The highest BCUT2D eigenvalue weighted by Gasteiger charge is 2.36. The highest BCUT2D eigenvalue weighted by molar-refractivity contribution is 6.10. The summed E-state index contributed by atoms with van der Waals surface area (Å²) in [5.74, 6) is 0.420. The fourth-order valence-corrected chi connectivity index (χ4v) is 4.53. The van der Waals surface area contributed by atoms with E-state index >= 15 is 0 Å². The fourth-order valence-electron chi connectivity index (χ4n) is 4.53. The second kappa shape index (κ2) is 6.04. The van der Waals surface area contributed by atoms with E-state index in [9.17, 15) is 9.90 Å². The summed E-state index contributed by atoms with van der Waals surface area (Å²) in [6, 6.07) is 8.75. The van der Waals surface area contributed by atoms with Crippen molar-refractivity contribution in [3.63, 3.8) is 0 Å². The lowest BCUT2D eigenvalue weighted by Gasteiger charge is -2.16. The molecule has 0 unspecified atom stereocenters. The van der Waals surface area contributed by atoms with Crippen LogP contribution in [0.25, 0.3) is 21.9 Å². The molecule has 0 bridgehead atoms. The number of phenolic OH excluding ortho intramolecular Hbond substituents is 1. The standard InChI is InChI=1S/C23H23N3O3/c1-4-13-10-26(23(28)19-8-14-7-15(24)5-6-18(14)29-19)16-9-17(27)22-20(21(13)16)11(2)12(3)25-22/h5-9,13,25,27H,4,10,24H2,1-3H3/t13-/m1/s1. The number of rotatable bonds is 2. The molecule has 2 aromatic carbocycles. The van der Waals surface area contributed by atoms with Crippen LogP contribution < -0.4 is 10.6 Å². The highest BCUT2D eigenvalue weighted by atomic mass is 16.3. The maximum Gasteiger partial charge on any atom is 0.294 e. The second-order valence-electron chi connectivity index (χ2n) is 7.88. The number of hydrogen-bond acceptors (Lipinski definition) is 4. The molecule has 1 aliphatic heterocycles. The zero-order chi connectivity index (χ0) is 20.4. The Hall–Kier alpha value is -3.41. The van der Waals surface area contributed by atoms with Crippen LogP contribution in [0.1, 0.15) is 46.6 Å². The molecule has 0 saturated heterocycles. The number of aryl methyl sites for hydroxylation is 2. The third-order valence-electron chi connectivity index (χ3n) is 6.17. The molecule has 148 valence electrons. The summed E-state index contributed by atoms with van der Waals surface area (Å²) >= 11 is 0. The van der Waals surface area contributed by atoms with E-state index in [0.29, 0.717) is 17.8 Å². The van der Waals surface area contributed by atoms with E-state index in [0.717, 1.165) is 45.2 Å². The first-order valence-corrected chi connectivity index (χ1v) is 9.84. The van der Waals surface area contributed by atoms with E-state index in [2.05, 4.69) is 18.8 Å². The Kier molecular flexibility index (Phi) is 3.68. The van der Waals surface area contributed by atoms with Crippen LogP contribution in [0.5, 0.6) is 5.75 Å². The lowest BCUT2D eigenvalue weighted by atomic mass is 9.93. The molecular formula is C23H23N3O3. The number of furan rings is 1. The van der Waals surface area contributed by atoms with Crippen molar-refractivity contribution in [1.82, 2.24) is 4.98 Å². The Balaban J connectivity index is 1.67. The molecule has 4 N–H and O–H groups in total. The second-order valence-corrected chi connectivity index (χ2v) is 7.88. The fraction of sp³-hybridized carbons (Fsp3) is 0.261. The number of phenols is 1. The van der Waals surface area contributed by atoms with Gasteiger partial charge >= 0.3 is 0 Å². The van der Waals surface area contributed by atoms with Crippen molar-refractivity contribution in [2.75, 3.05) is 17.2 Å². The minimum atomic E-state index is -0.208. The number of aromatic hydroxyl groups is 1. The number of aromatic nitrogens is 1. The number of nitrogens with zero attached hydrogens (tertiary/aromatic N) is 1. The molecule has 0 aliphatic carbocycles. The lowest BCUT2D eigenvalue weighted by Crippen LogP contribution is -2.29. The molecule has 2 aromatic heterocycles. The Labute approximate surface area is 167 Å². The number of anilines is 2. The van der Waals surface area contributed by atoms with Crippen LogP contribution in [0.2, 0.25) is 0 Å². The topological polar surface area (TPSA) is 95.5 Å². The average molecular weight is 389 g/mol. The van der Waals surface area contributed by atoms with Crippen molar-refractivity contribution >= 4 is 39.2 Å². The molecule has 29 heavy (non-hydrogen) atoms. The van der Waals surface area contributed by atoms with E-state index in [1.165, 1.54) is 0 Å². The molecule has 0 saturated carbocycles. The zero-order valence-corrected chi connectivity index (χ0v) is 16.7. The third kappa shape index (κ3) is 2.45. The van der Waals surface area contributed by atoms with Crippen LogP contribution in [0.4, 0.5) is 11.4 Å². The molecule has 0 radical (unpaired) electrons. The largest absolute Gasteiger partial charge is 0.506 e. The van der Waals surface area contributed by atoms with Gasteiger partial charge in [0.1, 0.15) is 11.3 Å². The van der Waals surface area contributed by atoms with Gasteiger partial charge < -0.3 is 25.1 Å². The summed E-state index contributed by atoms with van der Waals surface area (Å²) in [7, 11) is 0. The minimum Gasteiger partial charge on any atom is -0.506 e. The van der Waals surface area contributed by atoms with Crippen molar-refractivity contribution in [3.05, 3.63) is 52.9 Å². The van der Waals surface area contributed by atoms with Crippen LogP contribution in [0.15, 0.2) is 34.7 Å². The Bertz CT molecular complexity index is 1300. The smallest absolute Gasteiger partial charge is 0.294 e. The van der Waals surface area contributed by atoms with Crippen LogP contribution >= 0.6 is 0 Å². The average Bonchev–Trinajstić information content (AvgIpc) is 3.35. The third-order valence-corrected chi connectivity index (χ3v) is 6.17. The molecule has 6 heteroatoms. The van der Waals surface area contributed by atoms with E-state index in [1.807, 2.05) is 6.92 Å². The molecule has 0 fully saturated rings. The normalized spacial score (nSPS) is 16.1. The van der Waals surface area contributed by atoms with Gasteiger partial charge in [0.05, 0.1) is 11.2 Å². The lowest BCUT2D eigenvalue weighted by molar-refractivity contribution is 0.0963. The predicted molar refractivity (Wildman–Crippen MR) is 115 cm³/mol. The number of H-pyrrole nitrogens is 1. The van der Waals surface area contributed by atoms with Crippen LogP contribution in [-0.4, -0.2) is 22.5 Å². The van der Waals surface area contributed by atoms with Crippen molar-refractivity contribution in [1.29, 1.82) is 0 Å². The van der Waals surface area contributed by atoms with E-state index < -0.39 is 0 Å². The quantitative estimate of drug-likeness (QED) is 0.422. The number of nitrogens with two attached hydrogens (primary N) is 1. The highest BCUT2D eigenvalue weighted by Crippen LogP contribution is 2.47. The molecule has 5 rings (SSSR count). The first kappa shape index (κ1) is 17.7. The number of aromatic amines is 1. The van der Waals surface area contributed by atoms with Gasteiger partial charge in [0.2, 0.25) is 0 Å². The summed E-state index contributed by atoms with van der Waals surface area (Å²) < 4.78 is 5.81. The maximum atomic E-state index is 13.4. The molecule has 6 nitrogen and oxygen atoms in total. The van der Waals surface area contributed by atoms with Crippen molar-refractivity contribution < 1.29 is 14.3 Å². The van der Waals surface area contributed by atoms with Gasteiger partial charge in [0, 0.05) is 40.7 Å². The van der Waals surface area contributed by atoms with Gasteiger partial charge in [-0.25, -0.2) is 0 Å². The van der Waals surface area contributed by atoms with E-state index in [-0.39, 0.29) is 23.3 Å². The van der Waals surface area contributed by atoms with Gasteiger partial charge in [-0.1, -0.05) is 6.92 Å². The minimum absolute atomic E-state index is 0.155. The van der Waals surface area contributed by atoms with Gasteiger partial charge in [-0.05, 0) is 55.7 Å². The molecule has 4 aromatic rings. The number of carbonyl (C=O) groups excluding carboxylic acids is 1. The molecule has 3 heterocycles. The molecule has 0 spiro atoms. The van der Waals surface area contributed by atoms with E-state index in [4.69, 9.17) is 10.2 Å². The number of nitrogen functional groups attached to an aromatic ring is 1. The summed E-state index contributed by atoms with van der Waals surface area (Å²) in [5, 5.41) is 12.5. The Morgan fingerprint density at radius 2 is 2.10 bits per heavy atom. The molecule has 1 amide bonds. The van der Waals surface area contributed by atoms with Gasteiger partial charge in [0.15, 0.2) is 5.76 Å². The summed E-state index contributed by atoms with van der Waals surface area (Å²) in [6.45, 7) is 6.74.